The summed E-state index contributed by atoms with van der Waals surface area (Å²) in [6.07, 6.45) is 2.06. The Labute approximate surface area is 120 Å². The van der Waals surface area contributed by atoms with E-state index in [0.29, 0.717) is 6.54 Å². The molecule has 3 N–H and O–H groups in total. The molecule has 0 unspecified atom stereocenters. The number of fused-ring (bicyclic) bond motifs is 1. The summed E-state index contributed by atoms with van der Waals surface area (Å²) in [5, 5.41) is 2.92. The van der Waals surface area contributed by atoms with Gasteiger partial charge in [-0.1, -0.05) is 6.07 Å². The molecule has 0 radical (unpaired) electrons. The SMILES string of the molecule is CC(C)NC(=O)CN1CCCc2c(N)cccc21.Cl. The van der Waals surface area contributed by atoms with Crippen molar-refractivity contribution in [3.8, 4) is 0 Å². The zero-order valence-corrected chi connectivity index (χ0v) is 12.3. The van der Waals surface area contributed by atoms with Crippen LogP contribution in [0.4, 0.5) is 11.4 Å². The summed E-state index contributed by atoms with van der Waals surface area (Å²) in [4.78, 5) is 14.0. The number of anilines is 2. The Morgan fingerprint density at radius 2 is 2.21 bits per heavy atom. The van der Waals surface area contributed by atoms with E-state index in [1.807, 2.05) is 32.0 Å². The predicted octanol–water partition coefficient (Wildman–Crippen LogP) is 1.97. The molecule has 0 saturated carbocycles. The fourth-order valence-electron chi connectivity index (χ4n) is 2.43. The maximum absolute atomic E-state index is 11.8. The number of nitrogen functional groups attached to an aromatic ring is 1. The van der Waals surface area contributed by atoms with Crippen LogP contribution in [0, 0.1) is 0 Å². The van der Waals surface area contributed by atoms with E-state index in [1.165, 1.54) is 5.56 Å². The van der Waals surface area contributed by atoms with Gasteiger partial charge in [-0.15, -0.1) is 12.4 Å². The quantitative estimate of drug-likeness (QED) is 0.834. The van der Waals surface area contributed by atoms with Crippen molar-refractivity contribution in [2.24, 2.45) is 0 Å². The molecule has 0 spiro atoms. The number of carbonyl (C=O) groups is 1. The minimum Gasteiger partial charge on any atom is -0.398 e. The topological polar surface area (TPSA) is 58.4 Å². The van der Waals surface area contributed by atoms with Crippen LogP contribution in [0.25, 0.3) is 0 Å². The van der Waals surface area contributed by atoms with Crippen LogP contribution in [0.5, 0.6) is 0 Å². The average Bonchev–Trinajstić information content (AvgIpc) is 2.29. The van der Waals surface area contributed by atoms with Gasteiger partial charge in [0.05, 0.1) is 6.54 Å². The van der Waals surface area contributed by atoms with Crippen LogP contribution >= 0.6 is 12.4 Å². The van der Waals surface area contributed by atoms with Gasteiger partial charge in [-0.3, -0.25) is 4.79 Å². The molecule has 0 fully saturated rings. The fourth-order valence-corrected chi connectivity index (χ4v) is 2.43. The lowest BCUT2D eigenvalue weighted by Crippen LogP contribution is -2.42. The molecule has 2 rings (SSSR count). The number of nitrogens with one attached hydrogen (secondary N) is 1. The number of hydrogen-bond donors (Lipinski definition) is 2. The molecular weight excluding hydrogens is 262 g/mol. The highest BCUT2D eigenvalue weighted by Crippen LogP contribution is 2.30. The maximum Gasteiger partial charge on any atom is 0.239 e. The summed E-state index contributed by atoms with van der Waals surface area (Å²) in [5.41, 5.74) is 9.12. The number of hydrogen-bond acceptors (Lipinski definition) is 3. The van der Waals surface area contributed by atoms with E-state index in [0.717, 1.165) is 30.8 Å². The van der Waals surface area contributed by atoms with Gasteiger partial charge in [0.25, 0.3) is 0 Å². The molecular formula is C14H22ClN3O. The largest absolute Gasteiger partial charge is 0.398 e. The molecule has 0 aromatic heterocycles. The number of nitrogens with two attached hydrogens (primary N) is 1. The van der Waals surface area contributed by atoms with Crippen molar-refractivity contribution in [2.75, 3.05) is 23.7 Å². The minimum absolute atomic E-state index is 0. The zero-order chi connectivity index (χ0) is 13.1. The molecule has 4 nitrogen and oxygen atoms in total. The monoisotopic (exact) mass is 283 g/mol. The van der Waals surface area contributed by atoms with E-state index < -0.39 is 0 Å². The van der Waals surface area contributed by atoms with Crippen molar-refractivity contribution in [2.45, 2.75) is 32.7 Å². The van der Waals surface area contributed by atoms with E-state index in [-0.39, 0.29) is 24.4 Å². The zero-order valence-electron chi connectivity index (χ0n) is 11.5. The highest BCUT2D eigenvalue weighted by atomic mass is 35.5. The summed E-state index contributed by atoms with van der Waals surface area (Å²) >= 11 is 0. The average molecular weight is 284 g/mol. The van der Waals surface area contributed by atoms with Gasteiger partial charge in [0.2, 0.25) is 5.91 Å². The van der Waals surface area contributed by atoms with Crippen molar-refractivity contribution >= 4 is 29.7 Å². The van der Waals surface area contributed by atoms with E-state index in [2.05, 4.69) is 10.2 Å². The summed E-state index contributed by atoms with van der Waals surface area (Å²) in [5.74, 6) is 0.0697. The van der Waals surface area contributed by atoms with E-state index in [9.17, 15) is 4.79 Å². The Morgan fingerprint density at radius 1 is 1.47 bits per heavy atom. The second kappa shape index (κ2) is 6.66. The third-order valence-corrected chi connectivity index (χ3v) is 3.17. The van der Waals surface area contributed by atoms with Gasteiger partial charge in [0, 0.05) is 24.0 Å². The van der Waals surface area contributed by atoms with Gasteiger partial charge in [0.15, 0.2) is 0 Å². The molecule has 1 aliphatic rings. The van der Waals surface area contributed by atoms with E-state index >= 15 is 0 Å². The molecule has 5 heteroatoms. The van der Waals surface area contributed by atoms with Crippen molar-refractivity contribution in [3.63, 3.8) is 0 Å². The summed E-state index contributed by atoms with van der Waals surface area (Å²) in [7, 11) is 0. The first-order valence-corrected chi connectivity index (χ1v) is 6.49. The highest BCUT2D eigenvalue weighted by molar-refractivity contribution is 5.85. The van der Waals surface area contributed by atoms with Crippen molar-refractivity contribution < 1.29 is 4.79 Å². The molecule has 0 bridgehead atoms. The second-order valence-electron chi connectivity index (χ2n) is 5.09. The molecule has 19 heavy (non-hydrogen) atoms. The number of carbonyl (C=O) groups excluding carboxylic acids is 1. The Balaban J connectivity index is 0.00000180. The van der Waals surface area contributed by atoms with Gasteiger partial charge >= 0.3 is 0 Å². The summed E-state index contributed by atoms with van der Waals surface area (Å²) in [6, 6.07) is 6.11. The number of rotatable bonds is 3. The van der Waals surface area contributed by atoms with Crippen molar-refractivity contribution in [3.05, 3.63) is 23.8 Å². The highest BCUT2D eigenvalue weighted by Gasteiger charge is 2.20. The van der Waals surface area contributed by atoms with Crippen LogP contribution in [0.2, 0.25) is 0 Å². The molecule has 1 aromatic rings. The predicted molar refractivity (Wildman–Crippen MR) is 81.9 cm³/mol. The van der Waals surface area contributed by atoms with Crippen LogP contribution in [-0.2, 0) is 11.2 Å². The molecule has 1 amide bonds. The molecule has 1 aromatic carbocycles. The Hall–Kier alpha value is -1.42. The Bertz CT molecular complexity index is 448. The van der Waals surface area contributed by atoms with E-state index in [4.69, 9.17) is 5.73 Å². The summed E-state index contributed by atoms with van der Waals surface area (Å²) < 4.78 is 0. The molecule has 0 atom stereocenters. The maximum atomic E-state index is 11.8. The van der Waals surface area contributed by atoms with Gasteiger partial charge in [-0.25, -0.2) is 0 Å². The van der Waals surface area contributed by atoms with Crippen LogP contribution in [0.1, 0.15) is 25.8 Å². The molecule has 0 saturated heterocycles. The number of halogens is 1. The molecule has 1 heterocycles. The number of nitrogens with zero attached hydrogens (tertiary/aromatic N) is 1. The third kappa shape index (κ3) is 3.77. The number of amides is 1. The second-order valence-corrected chi connectivity index (χ2v) is 5.09. The molecule has 106 valence electrons. The van der Waals surface area contributed by atoms with Crippen molar-refractivity contribution in [1.82, 2.24) is 5.32 Å². The first-order chi connectivity index (χ1) is 8.58. The Kier molecular flexibility index (Phi) is 5.48. The van der Waals surface area contributed by atoms with Gasteiger partial charge in [0.1, 0.15) is 0 Å². The normalized spacial score (nSPS) is 13.7. The Morgan fingerprint density at radius 3 is 2.89 bits per heavy atom. The minimum atomic E-state index is 0. The van der Waals surface area contributed by atoms with Gasteiger partial charge in [-0.05, 0) is 44.4 Å². The lowest BCUT2D eigenvalue weighted by molar-refractivity contribution is -0.120. The van der Waals surface area contributed by atoms with Crippen molar-refractivity contribution in [1.29, 1.82) is 0 Å². The van der Waals surface area contributed by atoms with Gasteiger partial charge in [-0.2, -0.15) is 0 Å². The lowest BCUT2D eigenvalue weighted by Gasteiger charge is -2.31. The molecule has 1 aliphatic heterocycles. The third-order valence-electron chi connectivity index (χ3n) is 3.17. The summed E-state index contributed by atoms with van der Waals surface area (Å²) in [6.45, 7) is 5.27. The van der Waals surface area contributed by atoms with Crippen LogP contribution in [0.3, 0.4) is 0 Å². The van der Waals surface area contributed by atoms with E-state index in [1.54, 1.807) is 0 Å². The first-order valence-electron chi connectivity index (χ1n) is 6.49. The van der Waals surface area contributed by atoms with Crippen LogP contribution in [-0.4, -0.2) is 25.0 Å². The van der Waals surface area contributed by atoms with Crippen LogP contribution in [0.15, 0.2) is 18.2 Å². The van der Waals surface area contributed by atoms with Gasteiger partial charge < -0.3 is 16.0 Å². The smallest absolute Gasteiger partial charge is 0.239 e. The lowest BCUT2D eigenvalue weighted by atomic mass is 10.00. The first kappa shape index (κ1) is 15.6. The molecule has 0 aliphatic carbocycles. The van der Waals surface area contributed by atoms with Crippen LogP contribution < -0.4 is 16.0 Å². The fraction of sp³-hybridized carbons (Fsp3) is 0.500. The standard InChI is InChI=1S/C14H21N3O.ClH/c1-10(2)16-14(18)9-17-8-4-5-11-12(15)6-3-7-13(11)17;/h3,6-7,10H,4-5,8-9,15H2,1-2H3,(H,16,18);1H. The number of benzene rings is 1.